The Balaban J connectivity index is 2.15. The molecule has 2 rings (SSSR count). The molecule has 2 N–H and O–H groups in total. The molecular formula is C16H26N2O. The number of nitrogens with one attached hydrogen (secondary N) is 1. The van der Waals surface area contributed by atoms with E-state index in [1.165, 1.54) is 29.7 Å². The highest BCUT2D eigenvalue weighted by atomic mass is 16.3. The van der Waals surface area contributed by atoms with Gasteiger partial charge < -0.3 is 15.3 Å². The lowest BCUT2D eigenvalue weighted by Gasteiger charge is -2.35. The third-order valence-electron chi connectivity index (χ3n) is 4.00. The van der Waals surface area contributed by atoms with Crippen molar-refractivity contribution in [2.24, 2.45) is 5.92 Å². The quantitative estimate of drug-likeness (QED) is 0.855. The molecular weight excluding hydrogens is 236 g/mol. The Morgan fingerprint density at radius 3 is 3.00 bits per heavy atom. The highest BCUT2D eigenvalue weighted by molar-refractivity contribution is 5.55. The highest BCUT2D eigenvalue weighted by Gasteiger charge is 2.21. The van der Waals surface area contributed by atoms with Crippen LogP contribution < -0.4 is 10.2 Å². The first-order valence-corrected chi connectivity index (χ1v) is 7.34. The summed E-state index contributed by atoms with van der Waals surface area (Å²) in [5.74, 6) is 0.641. The molecule has 0 aliphatic carbocycles. The Labute approximate surface area is 116 Å². The summed E-state index contributed by atoms with van der Waals surface area (Å²) in [6.45, 7) is 5.60. The summed E-state index contributed by atoms with van der Waals surface area (Å²) in [5.41, 5.74) is 4.06. The van der Waals surface area contributed by atoms with E-state index in [1.807, 2.05) is 7.05 Å². The van der Waals surface area contributed by atoms with Crippen molar-refractivity contribution in [1.82, 2.24) is 5.32 Å². The minimum Gasteiger partial charge on any atom is -0.396 e. The average molecular weight is 262 g/mol. The van der Waals surface area contributed by atoms with Gasteiger partial charge in [-0.15, -0.1) is 0 Å². The molecule has 1 atom stereocenters. The van der Waals surface area contributed by atoms with E-state index in [0.717, 1.165) is 26.1 Å². The Morgan fingerprint density at radius 2 is 2.26 bits per heavy atom. The molecule has 1 aromatic rings. The van der Waals surface area contributed by atoms with Crippen molar-refractivity contribution in [3.63, 3.8) is 0 Å². The van der Waals surface area contributed by atoms with E-state index in [4.69, 9.17) is 5.11 Å². The first-order valence-electron chi connectivity index (χ1n) is 7.34. The van der Waals surface area contributed by atoms with Crippen molar-refractivity contribution < 1.29 is 5.11 Å². The molecule has 0 spiro atoms. The second kappa shape index (κ2) is 6.92. The maximum Gasteiger partial charge on any atom is 0.0434 e. The van der Waals surface area contributed by atoms with Gasteiger partial charge in [0.2, 0.25) is 0 Å². The minimum atomic E-state index is 0.315. The van der Waals surface area contributed by atoms with E-state index in [1.54, 1.807) is 0 Å². The molecule has 1 aliphatic heterocycles. The van der Waals surface area contributed by atoms with Gasteiger partial charge in [0.25, 0.3) is 0 Å². The summed E-state index contributed by atoms with van der Waals surface area (Å²) in [6.07, 6.45) is 3.42. The molecule has 3 heteroatoms. The number of hydrogen-bond donors (Lipinski definition) is 2. The fraction of sp³-hybridized carbons (Fsp3) is 0.625. The second-order valence-corrected chi connectivity index (χ2v) is 5.63. The van der Waals surface area contributed by atoms with Gasteiger partial charge in [-0.3, -0.25) is 0 Å². The van der Waals surface area contributed by atoms with Crippen molar-refractivity contribution in [1.29, 1.82) is 0 Å². The maximum atomic E-state index is 9.12. The lowest BCUT2D eigenvalue weighted by atomic mass is 9.94. The number of nitrogens with zero attached hydrogens (tertiary/aromatic N) is 1. The summed E-state index contributed by atoms with van der Waals surface area (Å²) in [6, 6.07) is 6.73. The zero-order valence-electron chi connectivity index (χ0n) is 12.2. The molecule has 0 aromatic heterocycles. The molecule has 1 fully saturated rings. The van der Waals surface area contributed by atoms with Crippen molar-refractivity contribution >= 4 is 5.69 Å². The molecule has 3 nitrogen and oxygen atoms in total. The van der Waals surface area contributed by atoms with Crippen LogP contribution in [0.25, 0.3) is 0 Å². The molecule has 106 valence electrons. The third kappa shape index (κ3) is 3.71. The van der Waals surface area contributed by atoms with Crippen LogP contribution in [-0.2, 0) is 6.54 Å². The Kier molecular flexibility index (Phi) is 5.23. The molecule has 0 saturated carbocycles. The van der Waals surface area contributed by atoms with Crippen LogP contribution in [0, 0.1) is 12.8 Å². The first kappa shape index (κ1) is 14.4. The van der Waals surface area contributed by atoms with Crippen molar-refractivity contribution in [3.05, 3.63) is 29.3 Å². The highest BCUT2D eigenvalue weighted by Crippen LogP contribution is 2.28. The SMILES string of the molecule is CNCc1cc(C)ccc1N1CCCC(CCO)C1. The Morgan fingerprint density at radius 1 is 1.42 bits per heavy atom. The number of benzene rings is 1. The summed E-state index contributed by atoms with van der Waals surface area (Å²) in [5, 5.41) is 12.4. The fourth-order valence-electron chi connectivity index (χ4n) is 3.06. The van der Waals surface area contributed by atoms with Gasteiger partial charge in [-0.2, -0.15) is 0 Å². The molecule has 0 amide bonds. The van der Waals surface area contributed by atoms with Gasteiger partial charge in [-0.05, 0) is 50.8 Å². The third-order valence-corrected chi connectivity index (χ3v) is 4.00. The topological polar surface area (TPSA) is 35.5 Å². The molecule has 1 unspecified atom stereocenters. The van der Waals surface area contributed by atoms with Gasteiger partial charge >= 0.3 is 0 Å². The number of aryl methyl sites for hydroxylation is 1. The van der Waals surface area contributed by atoms with Crippen molar-refractivity contribution in [2.75, 3.05) is 31.6 Å². The minimum absolute atomic E-state index is 0.315. The van der Waals surface area contributed by atoms with Gasteiger partial charge in [0.1, 0.15) is 0 Å². The monoisotopic (exact) mass is 262 g/mol. The van der Waals surface area contributed by atoms with Crippen LogP contribution in [0.4, 0.5) is 5.69 Å². The largest absolute Gasteiger partial charge is 0.396 e. The van der Waals surface area contributed by atoms with Crippen LogP contribution >= 0.6 is 0 Å². The van der Waals surface area contributed by atoms with Crippen LogP contribution in [0.1, 0.15) is 30.4 Å². The number of aliphatic hydroxyl groups is 1. The lowest BCUT2D eigenvalue weighted by molar-refractivity contribution is 0.244. The number of anilines is 1. The molecule has 1 aliphatic rings. The van der Waals surface area contributed by atoms with Crippen LogP contribution in [-0.4, -0.2) is 31.9 Å². The van der Waals surface area contributed by atoms with Gasteiger partial charge in [0, 0.05) is 31.9 Å². The molecule has 1 heterocycles. The van der Waals surface area contributed by atoms with E-state index in [-0.39, 0.29) is 0 Å². The summed E-state index contributed by atoms with van der Waals surface area (Å²) in [7, 11) is 2.00. The van der Waals surface area contributed by atoms with Crippen LogP contribution in [0.3, 0.4) is 0 Å². The van der Waals surface area contributed by atoms with Gasteiger partial charge in [0.15, 0.2) is 0 Å². The Hall–Kier alpha value is -1.06. The van der Waals surface area contributed by atoms with E-state index < -0.39 is 0 Å². The zero-order chi connectivity index (χ0) is 13.7. The zero-order valence-corrected chi connectivity index (χ0v) is 12.2. The van der Waals surface area contributed by atoms with E-state index in [9.17, 15) is 0 Å². The standard InChI is InChI=1S/C16H26N2O/c1-13-5-6-16(15(10-13)11-17-2)18-8-3-4-14(12-18)7-9-19/h5-6,10,14,17,19H,3-4,7-9,11-12H2,1-2H3. The number of rotatable bonds is 5. The van der Waals surface area contributed by atoms with Gasteiger partial charge in [0.05, 0.1) is 0 Å². The summed E-state index contributed by atoms with van der Waals surface area (Å²) < 4.78 is 0. The average Bonchev–Trinajstić information content (AvgIpc) is 2.40. The van der Waals surface area contributed by atoms with E-state index >= 15 is 0 Å². The molecule has 19 heavy (non-hydrogen) atoms. The van der Waals surface area contributed by atoms with Crippen LogP contribution in [0.5, 0.6) is 0 Å². The normalized spacial score (nSPS) is 19.7. The van der Waals surface area contributed by atoms with Gasteiger partial charge in [-0.25, -0.2) is 0 Å². The predicted octanol–water partition coefficient (Wildman–Crippen LogP) is 2.31. The number of aliphatic hydroxyl groups excluding tert-OH is 1. The smallest absolute Gasteiger partial charge is 0.0434 e. The van der Waals surface area contributed by atoms with Crippen LogP contribution in [0.15, 0.2) is 18.2 Å². The fourth-order valence-corrected chi connectivity index (χ4v) is 3.06. The van der Waals surface area contributed by atoms with Crippen LogP contribution in [0.2, 0.25) is 0 Å². The van der Waals surface area contributed by atoms with E-state index in [2.05, 4.69) is 35.3 Å². The molecule has 1 saturated heterocycles. The number of hydrogen-bond acceptors (Lipinski definition) is 3. The first-order chi connectivity index (χ1) is 9.24. The van der Waals surface area contributed by atoms with Crippen molar-refractivity contribution in [2.45, 2.75) is 32.7 Å². The Bertz CT molecular complexity index is 404. The van der Waals surface area contributed by atoms with Gasteiger partial charge in [-0.1, -0.05) is 17.7 Å². The predicted molar refractivity (Wildman–Crippen MR) is 80.6 cm³/mol. The molecule has 1 aromatic carbocycles. The van der Waals surface area contributed by atoms with E-state index in [0.29, 0.717) is 12.5 Å². The number of piperidine rings is 1. The summed E-state index contributed by atoms with van der Waals surface area (Å²) in [4.78, 5) is 2.50. The lowest BCUT2D eigenvalue weighted by Crippen LogP contribution is -2.36. The second-order valence-electron chi connectivity index (χ2n) is 5.63. The molecule has 0 radical (unpaired) electrons. The molecule has 0 bridgehead atoms. The summed E-state index contributed by atoms with van der Waals surface area (Å²) >= 11 is 0. The maximum absolute atomic E-state index is 9.12. The van der Waals surface area contributed by atoms with Crippen molar-refractivity contribution in [3.8, 4) is 0 Å².